The van der Waals surface area contributed by atoms with E-state index in [0.717, 1.165) is 11.1 Å². The van der Waals surface area contributed by atoms with Crippen LogP contribution in [0.15, 0.2) is 60.4 Å². The molecule has 1 aliphatic carbocycles. The molecule has 5 atom stereocenters. The van der Waals surface area contributed by atoms with Crippen LogP contribution in [0.25, 0.3) is 0 Å². The van der Waals surface area contributed by atoms with Gasteiger partial charge in [0.2, 0.25) is 0 Å². The average molecular weight is 471 g/mol. The summed E-state index contributed by atoms with van der Waals surface area (Å²) in [6.45, 7) is 3.24. The van der Waals surface area contributed by atoms with Crippen LogP contribution in [0, 0.1) is 5.92 Å². The molecular formula is C27H31FO6. The Balaban J connectivity index is 1.55. The topological polar surface area (TPSA) is 85.2 Å². The number of esters is 1. The number of aliphatic hydroxyl groups excluding tert-OH is 2. The normalized spacial score (nSPS) is 24.7. The number of carbonyl (C=O) groups is 1. The molecule has 2 N–H and O–H groups in total. The third-order valence-corrected chi connectivity index (χ3v) is 6.71. The van der Waals surface area contributed by atoms with Gasteiger partial charge in [-0.3, -0.25) is 4.79 Å². The van der Waals surface area contributed by atoms with Crippen LogP contribution in [0.1, 0.15) is 43.7 Å². The number of hydrogen-bond acceptors (Lipinski definition) is 6. The Morgan fingerprint density at radius 3 is 2.68 bits per heavy atom. The molecule has 0 saturated heterocycles. The van der Waals surface area contributed by atoms with E-state index in [1.807, 2.05) is 24.3 Å². The Morgan fingerprint density at radius 2 is 1.97 bits per heavy atom. The largest absolute Gasteiger partial charge is 0.489 e. The van der Waals surface area contributed by atoms with Gasteiger partial charge in [0.25, 0.3) is 0 Å². The van der Waals surface area contributed by atoms with Gasteiger partial charge in [-0.2, -0.15) is 0 Å². The van der Waals surface area contributed by atoms with Crippen molar-refractivity contribution < 1.29 is 33.6 Å². The molecule has 2 aromatic rings. The van der Waals surface area contributed by atoms with Crippen LogP contribution in [-0.2, 0) is 16.0 Å². The summed E-state index contributed by atoms with van der Waals surface area (Å²) in [5.41, 5.74) is 0.537. The van der Waals surface area contributed by atoms with Gasteiger partial charge in [-0.1, -0.05) is 36.4 Å². The van der Waals surface area contributed by atoms with Gasteiger partial charge in [0.1, 0.15) is 35.1 Å². The summed E-state index contributed by atoms with van der Waals surface area (Å²) in [4.78, 5) is 11.6. The van der Waals surface area contributed by atoms with Crippen molar-refractivity contribution in [3.05, 3.63) is 71.6 Å². The highest BCUT2D eigenvalue weighted by molar-refractivity contribution is 5.69. The first kappa shape index (κ1) is 24.2. The van der Waals surface area contributed by atoms with Gasteiger partial charge in [-0.25, -0.2) is 4.39 Å². The fraction of sp³-hybridized carbons (Fsp3) is 0.444. The Morgan fingerprint density at radius 1 is 1.24 bits per heavy atom. The molecule has 34 heavy (non-hydrogen) atoms. The quantitative estimate of drug-likeness (QED) is 0.566. The number of hydrogen-bond donors (Lipinski definition) is 2. The fourth-order valence-electron chi connectivity index (χ4n) is 4.93. The van der Waals surface area contributed by atoms with Gasteiger partial charge in [0.05, 0.1) is 13.2 Å². The Kier molecular flexibility index (Phi) is 6.96. The van der Waals surface area contributed by atoms with Crippen LogP contribution in [0.3, 0.4) is 0 Å². The zero-order valence-electron chi connectivity index (χ0n) is 19.6. The van der Waals surface area contributed by atoms with Gasteiger partial charge in [0.15, 0.2) is 0 Å². The van der Waals surface area contributed by atoms with Crippen LogP contribution in [-0.4, -0.2) is 47.2 Å². The predicted octanol–water partition coefficient (Wildman–Crippen LogP) is 4.09. The fourth-order valence-corrected chi connectivity index (χ4v) is 4.93. The van der Waals surface area contributed by atoms with Crippen molar-refractivity contribution in [3.8, 4) is 11.5 Å². The summed E-state index contributed by atoms with van der Waals surface area (Å²) in [7, 11) is 1.35. The number of carbonyl (C=O) groups excluding carboxylic acids is 1. The predicted molar refractivity (Wildman–Crippen MR) is 124 cm³/mol. The zero-order chi connectivity index (χ0) is 24.5. The van der Waals surface area contributed by atoms with Crippen LogP contribution in [0.5, 0.6) is 11.5 Å². The smallest absolute Gasteiger partial charge is 0.305 e. The second kappa shape index (κ2) is 9.76. The Bertz CT molecular complexity index is 1050. The van der Waals surface area contributed by atoms with Crippen LogP contribution < -0.4 is 9.47 Å². The summed E-state index contributed by atoms with van der Waals surface area (Å²) in [5, 5.41) is 21.5. The minimum Gasteiger partial charge on any atom is -0.489 e. The van der Waals surface area contributed by atoms with E-state index < -0.39 is 29.6 Å². The van der Waals surface area contributed by atoms with E-state index in [2.05, 4.69) is 0 Å². The molecule has 1 aliphatic heterocycles. The molecule has 7 heteroatoms. The summed E-state index contributed by atoms with van der Waals surface area (Å²) in [6.07, 6.45) is -0.264. The third-order valence-electron chi connectivity index (χ3n) is 6.71. The molecule has 0 aromatic heterocycles. The number of rotatable bonds is 8. The third kappa shape index (κ3) is 4.81. The van der Waals surface area contributed by atoms with E-state index in [1.165, 1.54) is 13.2 Å². The van der Waals surface area contributed by atoms with Gasteiger partial charge in [-0.05, 0) is 44.0 Å². The van der Waals surface area contributed by atoms with E-state index in [4.69, 9.17) is 14.2 Å². The number of benzene rings is 2. The van der Waals surface area contributed by atoms with E-state index in [0.29, 0.717) is 24.3 Å². The molecule has 2 aliphatic rings. The summed E-state index contributed by atoms with van der Waals surface area (Å²) in [6, 6.07) is 14.6. The lowest BCUT2D eigenvalue weighted by atomic mass is 9.85. The monoisotopic (exact) mass is 470 g/mol. The van der Waals surface area contributed by atoms with Gasteiger partial charge < -0.3 is 24.4 Å². The molecule has 0 unspecified atom stereocenters. The van der Waals surface area contributed by atoms with Crippen molar-refractivity contribution in [3.63, 3.8) is 0 Å². The molecule has 1 heterocycles. The number of methoxy groups -OCH3 is 1. The molecular weight excluding hydrogens is 439 g/mol. The molecule has 6 nitrogen and oxygen atoms in total. The zero-order valence-corrected chi connectivity index (χ0v) is 19.6. The maximum atomic E-state index is 15.3. The first-order valence-corrected chi connectivity index (χ1v) is 11.5. The molecule has 4 rings (SSSR count). The molecule has 0 bridgehead atoms. The summed E-state index contributed by atoms with van der Waals surface area (Å²) >= 11 is 0. The number of fused-ring (bicyclic) bond motifs is 3. The SMILES string of the molecule is COC(=O)CCc1cccc2c1O[C@H]1C[C@@H](O)[C@H](/C=C(\F)[C@H](O)C(C)(C)Oc3ccccc3)[C@@H]21. The standard InChI is InChI=1S/C27H31FO6/c1-27(2,34-17-9-5-4-6-10-17)26(31)20(28)14-19-21(29)15-22-24(19)18-11-7-8-16(25(18)33-22)12-13-23(30)32-3/h4-11,14,19,21-22,24,26,29,31H,12-13,15H2,1-3H3/b20-14-/t19-,21+,22-,24+,26-/m0/s1. The minimum absolute atomic E-state index is 0.231. The first-order chi connectivity index (χ1) is 16.2. The number of aryl methyl sites for hydroxylation is 1. The molecule has 1 saturated carbocycles. The maximum Gasteiger partial charge on any atom is 0.305 e. The van der Waals surface area contributed by atoms with E-state index >= 15 is 4.39 Å². The molecule has 0 spiro atoms. The Hall–Kier alpha value is -2.90. The number of halogens is 1. The van der Waals surface area contributed by atoms with Gasteiger partial charge in [-0.15, -0.1) is 0 Å². The van der Waals surface area contributed by atoms with Crippen LogP contribution in [0.4, 0.5) is 4.39 Å². The lowest BCUT2D eigenvalue weighted by Crippen LogP contribution is -2.42. The molecule has 0 amide bonds. The van der Waals surface area contributed by atoms with Gasteiger partial charge >= 0.3 is 5.97 Å². The Labute approximate surface area is 199 Å². The molecule has 1 fully saturated rings. The summed E-state index contributed by atoms with van der Waals surface area (Å²) in [5.74, 6) is -0.647. The van der Waals surface area contributed by atoms with Crippen molar-refractivity contribution in [2.75, 3.05) is 7.11 Å². The number of ether oxygens (including phenoxy) is 3. The summed E-state index contributed by atoms with van der Waals surface area (Å²) < 4.78 is 32.0. The average Bonchev–Trinajstić information content (AvgIpc) is 3.32. The van der Waals surface area contributed by atoms with Crippen molar-refractivity contribution >= 4 is 5.97 Å². The highest BCUT2D eigenvalue weighted by atomic mass is 19.1. The van der Waals surface area contributed by atoms with E-state index in [9.17, 15) is 15.0 Å². The molecule has 2 aromatic carbocycles. The lowest BCUT2D eigenvalue weighted by molar-refractivity contribution is -0.140. The lowest BCUT2D eigenvalue weighted by Gasteiger charge is -2.31. The van der Waals surface area contributed by atoms with E-state index in [-0.39, 0.29) is 24.4 Å². The highest BCUT2D eigenvalue weighted by Crippen LogP contribution is 2.52. The van der Waals surface area contributed by atoms with Gasteiger partial charge in [0, 0.05) is 30.2 Å². The van der Waals surface area contributed by atoms with Crippen LogP contribution in [0.2, 0.25) is 0 Å². The van der Waals surface area contributed by atoms with Crippen molar-refractivity contribution in [1.29, 1.82) is 0 Å². The number of aliphatic hydroxyl groups is 2. The second-order valence-corrected chi connectivity index (χ2v) is 9.45. The van der Waals surface area contributed by atoms with Crippen molar-refractivity contribution in [1.82, 2.24) is 0 Å². The maximum absolute atomic E-state index is 15.3. The van der Waals surface area contributed by atoms with Crippen molar-refractivity contribution in [2.24, 2.45) is 5.92 Å². The molecule has 182 valence electrons. The molecule has 0 radical (unpaired) electrons. The highest BCUT2D eigenvalue weighted by Gasteiger charge is 2.50. The minimum atomic E-state index is -1.52. The van der Waals surface area contributed by atoms with Crippen molar-refractivity contribution in [2.45, 2.75) is 62.9 Å². The first-order valence-electron chi connectivity index (χ1n) is 11.5. The van der Waals surface area contributed by atoms with Crippen LogP contribution >= 0.6 is 0 Å². The van der Waals surface area contributed by atoms with E-state index in [1.54, 1.807) is 38.1 Å². The second-order valence-electron chi connectivity index (χ2n) is 9.45. The number of para-hydroxylation sites is 2.